The fraction of sp³-hybridized carbons (Fsp3) is 0.250. The number of rotatable bonds is 6. The summed E-state index contributed by atoms with van der Waals surface area (Å²) in [4.78, 5) is 11.6. The molecular weight excluding hydrogens is 252 g/mol. The standard InChI is InChI=1S/C16H18N2O2/c1-13-11-15(18-20-13)12-17-16(19)10-6-5-9-14-7-3-2-4-8-14/h2-8,11H,9-10,12H2,1H3,(H,17,19)/b6-5+. The lowest BCUT2D eigenvalue weighted by Crippen LogP contribution is -2.21. The van der Waals surface area contributed by atoms with Gasteiger partial charge in [-0.1, -0.05) is 47.6 Å². The predicted octanol–water partition coefficient (Wildman–Crippen LogP) is 2.79. The molecule has 1 aromatic heterocycles. The molecule has 0 atom stereocenters. The molecule has 4 nitrogen and oxygen atoms in total. The molecule has 1 heterocycles. The predicted molar refractivity (Wildman–Crippen MR) is 77.0 cm³/mol. The van der Waals surface area contributed by atoms with Crippen LogP contribution in [-0.2, 0) is 17.8 Å². The Hall–Kier alpha value is -2.36. The number of hydrogen-bond acceptors (Lipinski definition) is 3. The van der Waals surface area contributed by atoms with Crippen molar-refractivity contribution in [2.45, 2.75) is 26.3 Å². The average Bonchev–Trinajstić information content (AvgIpc) is 2.88. The lowest BCUT2D eigenvalue weighted by atomic mass is 10.1. The lowest BCUT2D eigenvalue weighted by molar-refractivity contribution is -0.120. The second-order valence-electron chi connectivity index (χ2n) is 4.57. The Morgan fingerprint density at radius 1 is 1.30 bits per heavy atom. The number of amides is 1. The number of aromatic nitrogens is 1. The number of allylic oxidation sites excluding steroid dienone is 1. The van der Waals surface area contributed by atoms with E-state index in [0.29, 0.717) is 13.0 Å². The number of benzene rings is 1. The van der Waals surface area contributed by atoms with E-state index in [4.69, 9.17) is 4.52 Å². The summed E-state index contributed by atoms with van der Waals surface area (Å²) in [6, 6.07) is 12.0. The van der Waals surface area contributed by atoms with Crippen LogP contribution in [0.5, 0.6) is 0 Å². The highest BCUT2D eigenvalue weighted by Gasteiger charge is 2.02. The minimum Gasteiger partial charge on any atom is -0.361 e. The van der Waals surface area contributed by atoms with Gasteiger partial charge in [-0.2, -0.15) is 0 Å². The van der Waals surface area contributed by atoms with Gasteiger partial charge in [0.25, 0.3) is 0 Å². The molecule has 0 saturated carbocycles. The Kier molecular flexibility index (Phi) is 5.12. The first-order chi connectivity index (χ1) is 9.74. The average molecular weight is 270 g/mol. The topological polar surface area (TPSA) is 55.1 Å². The van der Waals surface area contributed by atoms with Crippen LogP contribution in [0, 0.1) is 6.92 Å². The van der Waals surface area contributed by atoms with Gasteiger partial charge >= 0.3 is 0 Å². The minimum absolute atomic E-state index is 0.0186. The second-order valence-corrected chi connectivity index (χ2v) is 4.57. The van der Waals surface area contributed by atoms with Crippen molar-refractivity contribution in [2.24, 2.45) is 0 Å². The van der Waals surface area contributed by atoms with Gasteiger partial charge in [-0.15, -0.1) is 0 Å². The number of carbonyl (C=O) groups excluding carboxylic acids is 1. The number of nitrogens with one attached hydrogen (secondary N) is 1. The van der Waals surface area contributed by atoms with Crippen molar-refractivity contribution in [3.8, 4) is 0 Å². The highest BCUT2D eigenvalue weighted by atomic mass is 16.5. The fourth-order valence-electron chi connectivity index (χ4n) is 1.79. The summed E-state index contributed by atoms with van der Waals surface area (Å²) >= 11 is 0. The summed E-state index contributed by atoms with van der Waals surface area (Å²) < 4.78 is 4.93. The number of hydrogen-bond donors (Lipinski definition) is 1. The Morgan fingerprint density at radius 3 is 2.80 bits per heavy atom. The van der Waals surface area contributed by atoms with E-state index in [9.17, 15) is 4.79 Å². The molecule has 0 aliphatic rings. The molecule has 0 fully saturated rings. The summed E-state index contributed by atoms with van der Waals surface area (Å²) in [6.07, 6.45) is 5.12. The third kappa shape index (κ3) is 4.72. The summed E-state index contributed by atoms with van der Waals surface area (Å²) in [6.45, 7) is 2.23. The van der Waals surface area contributed by atoms with Crippen molar-refractivity contribution in [2.75, 3.05) is 0 Å². The van der Waals surface area contributed by atoms with Crippen LogP contribution in [0.4, 0.5) is 0 Å². The largest absolute Gasteiger partial charge is 0.361 e. The molecule has 0 spiro atoms. The Bertz CT molecular complexity index is 573. The smallest absolute Gasteiger partial charge is 0.224 e. The maximum absolute atomic E-state index is 11.6. The van der Waals surface area contributed by atoms with Crippen LogP contribution in [0.15, 0.2) is 53.1 Å². The molecule has 104 valence electrons. The van der Waals surface area contributed by atoms with Crippen LogP contribution < -0.4 is 5.32 Å². The summed E-state index contributed by atoms with van der Waals surface area (Å²) in [5.74, 6) is 0.729. The van der Waals surface area contributed by atoms with E-state index in [2.05, 4.69) is 22.6 Å². The van der Waals surface area contributed by atoms with E-state index in [-0.39, 0.29) is 5.91 Å². The quantitative estimate of drug-likeness (QED) is 0.821. The van der Waals surface area contributed by atoms with Gasteiger partial charge < -0.3 is 9.84 Å². The normalized spacial score (nSPS) is 10.8. The second kappa shape index (κ2) is 7.28. The molecule has 0 saturated heterocycles. The van der Waals surface area contributed by atoms with Crippen molar-refractivity contribution in [1.82, 2.24) is 10.5 Å². The lowest BCUT2D eigenvalue weighted by Gasteiger charge is -1.99. The van der Waals surface area contributed by atoms with Gasteiger partial charge in [-0.3, -0.25) is 4.79 Å². The molecule has 2 rings (SSSR count). The van der Waals surface area contributed by atoms with E-state index >= 15 is 0 Å². The number of carbonyl (C=O) groups is 1. The monoisotopic (exact) mass is 270 g/mol. The SMILES string of the molecule is Cc1cc(CNC(=O)C/C=C/Cc2ccccc2)no1. The van der Waals surface area contributed by atoms with E-state index in [1.54, 1.807) is 0 Å². The van der Waals surface area contributed by atoms with Crippen LogP contribution in [0.3, 0.4) is 0 Å². The highest BCUT2D eigenvalue weighted by Crippen LogP contribution is 2.02. The number of nitrogens with zero attached hydrogens (tertiary/aromatic N) is 1. The zero-order chi connectivity index (χ0) is 14.2. The molecule has 4 heteroatoms. The fourth-order valence-corrected chi connectivity index (χ4v) is 1.79. The first-order valence-electron chi connectivity index (χ1n) is 6.62. The molecule has 0 bridgehead atoms. The zero-order valence-electron chi connectivity index (χ0n) is 11.5. The highest BCUT2D eigenvalue weighted by molar-refractivity contribution is 5.77. The third-order valence-electron chi connectivity index (χ3n) is 2.81. The van der Waals surface area contributed by atoms with E-state index in [1.807, 2.05) is 43.3 Å². The van der Waals surface area contributed by atoms with Gasteiger partial charge in [0.2, 0.25) is 5.91 Å². The van der Waals surface area contributed by atoms with Crippen molar-refractivity contribution in [3.63, 3.8) is 0 Å². The van der Waals surface area contributed by atoms with Crippen LogP contribution in [-0.4, -0.2) is 11.1 Å². The van der Waals surface area contributed by atoms with Crippen molar-refractivity contribution < 1.29 is 9.32 Å². The Balaban J connectivity index is 1.67. The van der Waals surface area contributed by atoms with Crippen LogP contribution in [0.2, 0.25) is 0 Å². The minimum atomic E-state index is -0.0186. The molecule has 0 aliphatic heterocycles. The molecule has 2 aromatic rings. The first kappa shape index (κ1) is 14.1. The van der Waals surface area contributed by atoms with Gasteiger partial charge in [0.05, 0.1) is 6.54 Å². The van der Waals surface area contributed by atoms with E-state index in [0.717, 1.165) is 17.9 Å². The van der Waals surface area contributed by atoms with Gasteiger partial charge in [-0.05, 0) is 18.9 Å². The van der Waals surface area contributed by atoms with Gasteiger partial charge in [0, 0.05) is 12.5 Å². The maximum atomic E-state index is 11.6. The summed E-state index contributed by atoms with van der Waals surface area (Å²) in [5, 5.41) is 6.61. The number of aryl methyl sites for hydroxylation is 1. The molecule has 1 N–H and O–H groups in total. The van der Waals surface area contributed by atoms with Crippen molar-refractivity contribution >= 4 is 5.91 Å². The van der Waals surface area contributed by atoms with E-state index in [1.165, 1.54) is 5.56 Å². The van der Waals surface area contributed by atoms with Crippen LogP contribution >= 0.6 is 0 Å². The molecule has 0 aliphatic carbocycles. The van der Waals surface area contributed by atoms with Gasteiger partial charge in [-0.25, -0.2) is 0 Å². The van der Waals surface area contributed by atoms with Crippen LogP contribution in [0.25, 0.3) is 0 Å². The van der Waals surface area contributed by atoms with Crippen molar-refractivity contribution in [3.05, 3.63) is 65.6 Å². The first-order valence-corrected chi connectivity index (χ1v) is 6.62. The molecule has 20 heavy (non-hydrogen) atoms. The van der Waals surface area contributed by atoms with Crippen LogP contribution in [0.1, 0.15) is 23.4 Å². The summed E-state index contributed by atoms with van der Waals surface area (Å²) in [7, 11) is 0. The zero-order valence-corrected chi connectivity index (χ0v) is 11.5. The molecule has 0 radical (unpaired) electrons. The van der Waals surface area contributed by atoms with E-state index < -0.39 is 0 Å². The third-order valence-corrected chi connectivity index (χ3v) is 2.81. The Labute approximate surface area is 118 Å². The maximum Gasteiger partial charge on any atom is 0.224 e. The molecule has 1 amide bonds. The molecular formula is C16H18N2O2. The molecule has 1 aromatic carbocycles. The Morgan fingerprint density at radius 2 is 2.10 bits per heavy atom. The summed E-state index contributed by atoms with van der Waals surface area (Å²) in [5.41, 5.74) is 1.98. The van der Waals surface area contributed by atoms with Gasteiger partial charge in [0.1, 0.15) is 11.5 Å². The van der Waals surface area contributed by atoms with Gasteiger partial charge in [0.15, 0.2) is 0 Å². The molecule has 0 unspecified atom stereocenters. The van der Waals surface area contributed by atoms with Crippen molar-refractivity contribution in [1.29, 1.82) is 0 Å².